The van der Waals surface area contributed by atoms with E-state index in [0.717, 1.165) is 35.0 Å². The summed E-state index contributed by atoms with van der Waals surface area (Å²) in [5.74, 6) is -0.865. The zero-order valence-electron chi connectivity index (χ0n) is 16.6. The van der Waals surface area contributed by atoms with Gasteiger partial charge in [0.1, 0.15) is 0 Å². The number of hydrogen-bond acceptors (Lipinski definition) is 6. The number of ether oxygens (including phenoxy) is 1. The van der Waals surface area contributed by atoms with Gasteiger partial charge in [0.05, 0.1) is 16.4 Å². The summed E-state index contributed by atoms with van der Waals surface area (Å²) in [6.07, 6.45) is -0.105. The van der Waals surface area contributed by atoms with Crippen LogP contribution >= 0.6 is 0 Å². The lowest BCUT2D eigenvalue weighted by molar-refractivity contribution is -0.384. The van der Waals surface area contributed by atoms with Crippen LogP contribution in [-0.2, 0) is 25.8 Å². The molecule has 0 aliphatic heterocycles. The summed E-state index contributed by atoms with van der Waals surface area (Å²) in [7, 11) is -4.23. The second-order valence-electron chi connectivity index (χ2n) is 7.02. The lowest BCUT2D eigenvalue weighted by Gasteiger charge is -2.28. The van der Waals surface area contributed by atoms with Crippen LogP contribution in [0.15, 0.2) is 71.6 Å². The number of nitrogens with zero attached hydrogens (tertiary/aromatic N) is 1. The number of nitro groups is 1. The van der Waals surface area contributed by atoms with Gasteiger partial charge < -0.3 is 4.74 Å². The Balaban J connectivity index is 2.13. The third-order valence-corrected chi connectivity index (χ3v) is 7.46. The Kier molecular flexibility index (Phi) is 5.89. The van der Waals surface area contributed by atoms with Crippen molar-refractivity contribution in [2.45, 2.75) is 29.9 Å². The van der Waals surface area contributed by atoms with Crippen molar-refractivity contribution >= 4 is 32.3 Å². The molecular formula is C22H21NO6S. The molecule has 1 unspecified atom stereocenters. The van der Waals surface area contributed by atoms with Gasteiger partial charge in [0, 0.05) is 18.6 Å². The molecule has 3 aromatic carbocycles. The molecule has 1 atom stereocenters. The molecule has 0 N–H and O–H groups in total. The van der Waals surface area contributed by atoms with Crippen LogP contribution in [0.25, 0.3) is 10.8 Å². The highest BCUT2D eigenvalue weighted by atomic mass is 32.2. The fraction of sp³-hybridized carbons (Fsp3) is 0.227. The normalized spacial score (nSPS) is 13.5. The van der Waals surface area contributed by atoms with Gasteiger partial charge in [-0.25, -0.2) is 8.42 Å². The monoisotopic (exact) mass is 427 g/mol. The summed E-state index contributed by atoms with van der Waals surface area (Å²) in [4.78, 5) is 23.0. The zero-order valence-corrected chi connectivity index (χ0v) is 17.4. The minimum absolute atomic E-state index is 0.0275. The van der Waals surface area contributed by atoms with Crippen molar-refractivity contribution in [1.29, 1.82) is 0 Å². The minimum Gasteiger partial charge on any atom is -0.465 e. The number of esters is 1. The van der Waals surface area contributed by atoms with Crippen molar-refractivity contribution in [3.8, 4) is 0 Å². The molecule has 30 heavy (non-hydrogen) atoms. The van der Waals surface area contributed by atoms with Gasteiger partial charge in [0.25, 0.3) is 5.69 Å². The van der Waals surface area contributed by atoms with E-state index in [9.17, 15) is 23.3 Å². The summed E-state index contributed by atoms with van der Waals surface area (Å²) in [5, 5.41) is 12.7. The number of hydrogen-bond donors (Lipinski definition) is 0. The molecule has 0 heterocycles. The van der Waals surface area contributed by atoms with Crippen molar-refractivity contribution in [3.63, 3.8) is 0 Å². The lowest BCUT2D eigenvalue weighted by Crippen LogP contribution is -2.47. The molecule has 0 amide bonds. The van der Waals surface area contributed by atoms with Gasteiger partial charge in [-0.05, 0) is 42.3 Å². The van der Waals surface area contributed by atoms with Crippen LogP contribution in [0, 0.1) is 10.1 Å². The standard InChI is InChI=1S/C22H21NO6S/c1-3-29-21(24)22(2,15-17-9-6-8-16-7-4-5-10-20(16)17)30(27,28)19-13-11-18(12-14-19)23(25)26/h4-14H,3,15H2,1-2H3. The SMILES string of the molecule is CCOC(=O)C(C)(Cc1cccc2ccccc12)S(=O)(=O)c1ccc([N+](=O)[O-])cc1. The molecular weight excluding hydrogens is 406 g/mol. The Hall–Kier alpha value is -3.26. The van der Waals surface area contributed by atoms with Crippen LogP contribution in [0.5, 0.6) is 0 Å². The number of rotatable bonds is 7. The minimum atomic E-state index is -4.23. The third-order valence-electron chi connectivity index (χ3n) is 5.07. The van der Waals surface area contributed by atoms with Crippen LogP contribution in [0.1, 0.15) is 19.4 Å². The highest BCUT2D eigenvalue weighted by molar-refractivity contribution is 7.93. The van der Waals surface area contributed by atoms with Crippen LogP contribution in [0.4, 0.5) is 5.69 Å². The van der Waals surface area contributed by atoms with E-state index in [-0.39, 0.29) is 23.6 Å². The summed E-state index contributed by atoms with van der Waals surface area (Å²) >= 11 is 0. The van der Waals surface area contributed by atoms with Crippen molar-refractivity contribution < 1.29 is 22.9 Å². The summed E-state index contributed by atoms with van der Waals surface area (Å²) < 4.78 is 30.3. The Labute approximate surface area is 174 Å². The van der Waals surface area contributed by atoms with Crippen molar-refractivity contribution in [3.05, 3.63) is 82.4 Å². The largest absolute Gasteiger partial charge is 0.465 e. The first-order valence-corrected chi connectivity index (χ1v) is 10.8. The molecule has 8 heteroatoms. The number of fused-ring (bicyclic) bond motifs is 1. The molecule has 156 valence electrons. The maximum absolute atomic E-state index is 13.5. The number of carbonyl (C=O) groups excluding carboxylic acids is 1. The number of benzene rings is 3. The molecule has 0 aliphatic rings. The van der Waals surface area contributed by atoms with E-state index in [2.05, 4.69) is 0 Å². The summed E-state index contributed by atoms with van der Waals surface area (Å²) in [6, 6.07) is 17.5. The number of carbonyl (C=O) groups is 1. The van der Waals surface area contributed by atoms with Crippen LogP contribution in [-0.4, -0.2) is 30.7 Å². The quantitative estimate of drug-likeness (QED) is 0.320. The smallest absolute Gasteiger partial charge is 0.327 e. The van der Waals surface area contributed by atoms with Gasteiger partial charge in [-0.2, -0.15) is 0 Å². The van der Waals surface area contributed by atoms with Gasteiger partial charge in [0.15, 0.2) is 14.6 Å². The molecule has 0 aromatic heterocycles. The van der Waals surface area contributed by atoms with Crippen molar-refractivity contribution in [2.24, 2.45) is 0 Å². The highest BCUT2D eigenvalue weighted by Gasteiger charge is 2.49. The molecule has 0 aliphatic carbocycles. The summed E-state index contributed by atoms with van der Waals surface area (Å²) in [5.41, 5.74) is 0.454. The van der Waals surface area contributed by atoms with E-state index >= 15 is 0 Å². The molecule has 3 aromatic rings. The van der Waals surface area contributed by atoms with Crippen LogP contribution in [0.3, 0.4) is 0 Å². The highest BCUT2D eigenvalue weighted by Crippen LogP contribution is 2.33. The molecule has 7 nitrogen and oxygen atoms in total. The molecule has 0 radical (unpaired) electrons. The second-order valence-corrected chi connectivity index (χ2v) is 9.40. The van der Waals surface area contributed by atoms with Crippen molar-refractivity contribution in [1.82, 2.24) is 0 Å². The van der Waals surface area contributed by atoms with E-state index in [1.165, 1.54) is 6.92 Å². The Morgan fingerprint density at radius 2 is 1.67 bits per heavy atom. The topological polar surface area (TPSA) is 104 Å². The molecule has 0 fully saturated rings. The Bertz CT molecular complexity index is 1200. The van der Waals surface area contributed by atoms with E-state index in [1.54, 1.807) is 13.0 Å². The molecule has 0 bridgehead atoms. The Morgan fingerprint density at radius 3 is 2.30 bits per heavy atom. The first-order chi connectivity index (χ1) is 14.2. The second kappa shape index (κ2) is 8.23. The average Bonchev–Trinajstić information content (AvgIpc) is 2.74. The average molecular weight is 427 g/mol. The number of nitro benzene ring substituents is 1. The van der Waals surface area contributed by atoms with Gasteiger partial charge in [0.2, 0.25) is 0 Å². The number of non-ortho nitro benzene ring substituents is 1. The molecule has 0 saturated carbocycles. The third kappa shape index (κ3) is 3.78. The zero-order chi connectivity index (χ0) is 21.9. The molecule has 3 rings (SSSR count). The van der Waals surface area contributed by atoms with Gasteiger partial charge in [-0.15, -0.1) is 0 Å². The summed E-state index contributed by atoms with van der Waals surface area (Å²) in [6.45, 7) is 2.97. The predicted molar refractivity (Wildman–Crippen MR) is 113 cm³/mol. The first kappa shape index (κ1) is 21.4. The maximum Gasteiger partial charge on any atom is 0.327 e. The fourth-order valence-corrected chi connectivity index (χ4v) is 5.02. The molecule has 0 spiro atoms. The van der Waals surface area contributed by atoms with E-state index in [4.69, 9.17) is 4.74 Å². The van der Waals surface area contributed by atoms with Crippen LogP contribution in [0.2, 0.25) is 0 Å². The fourth-order valence-electron chi connectivity index (χ4n) is 3.38. The lowest BCUT2D eigenvalue weighted by atomic mass is 9.95. The van der Waals surface area contributed by atoms with E-state index < -0.39 is 25.5 Å². The van der Waals surface area contributed by atoms with Crippen LogP contribution < -0.4 is 0 Å². The van der Waals surface area contributed by atoms with Crippen molar-refractivity contribution in [2.75, 3.05) is 6.61 Å². The van der Waals surface area contributed by atoms with Gasteiger partial charge in [-0.1, -0.05) is 42.5 Å². The van der Waals surface area contributed by atoms with E-state index in [1.807, 2.05) is 36.4 Å². The van der Waals surface area contributed by atoms with E-state index in [0.29, 0.717) is 5.56 Å². The number of sulfone groups is 1. The first-order valence-electron chi connectivity index (χ1n) is 9.33. The van der Waals surface area contributed by atoms with Gasteiger partial charge in [-0.3, -0.25) is 14.9 Å². The maximum atomic E-state index is 13.5. The van der Waals surface area contributed by atoms with Gasteiger partial charge >= 0.3 is 5.97 Å². The Morgan fingerprint density at radius 1 is 1.03 bits per heavy atom. The predicted octanol–water partition coefficient (Wildman–Crippen LogP) is 4.09. The molecule has 0 saturated heterocycles.